The Morgan fingerprint density at radius 2 is 1.81 bits per heavy atom. The van der Waals surface area contributed by atoms with Crippen LogP contribution in [0.4, 0.5) is 0 Å². The quantitative estimate of drug-likeness (QED) is 0.367. The molecule has 0 saturated carbocycles. The zero-order valence-electron chi connectivity index (χ0n) is 22.9. The van der Waals surface area contributed by atoms with Crippen molar-refractivity contribution >= 4 is 21.7 Å². The number of carbonyl (C=O) groups excluding carboxylic acids is 2. The third-order valence-electron chi connectivity index (χ3n) is 7.39. The largest absolute Gasteiger partial charge is 0.494 e. The van der Waals surface area contributed by atoms with Crippen LogP contribution in [0.5, 0.6) is 17.2 Å². The van der Waals surface area contributed by atoms with Gasteiger partial charge in [0.15, 0.2) is 9.84 Å². The summed E-state index contributed by atoms with van der Waals surface area (Å²) in [4.78, 5) is 32.7. The molecule has 0 spiro atoms. The van der Waals surface area contributed by atoms with Crippen LogP contribution in [0.25, 0.3) is 0 Å². The lowest BCUT2D eigenvalue weighted by Gasteiger charge is -2.38. The molecule has 1 aromatic heterocycles. The first-order valence-electron chi connectivity index (χ1n) is 13.6. The van der Waals surface area contributed by atoms with Crippen molar-refractivity contribution in [2.24, 2.45) is 0 Å². The van der Waals surface area contributed by atoms with Crippen molar-refractivity contribution in [3.05, 3.63) is 113 Å². The van der Waals surface area contributed by atoms with Crippen LogP contribution in [0.3, 0.4) is 0 Å². The van der Waals surface area contributed by atoms with Crippen LogP contribution in [-0.2, 0) is 16.3 Å². The number of carbonyl (C=O) groups is 2. The number of nitrogens with zero attached hydrogens (tertiary/aromatic N) is 2. The second-order valence-corrected chi connectivity index (χ2v) is 12.4. The summed E-state index contributed by atoms with van der Waals surface area (Å²) >= 11 is 0. The maximum atomic E-state index is 13.9. The molecule has 3 aliphatic heterocycles. The average Bonchev–Trinajstić information content (AvgIpc) is 2.99. The van der Waals surface area contributed by atoms with Gasteiger partial charge >= 0.3 is 0 Å². The summed E-state index contributed by atoms with van der Waals surface area (Å²) in [6.07, 6.45) is 5.39. The summed E-state index contributed by atoms with van der Waals surface area (Å²) < 4.78 is 36.0. The maximum absolute atomic E-state index is 13.9. The van der Waals surface area contributed by atoms with E-state index in [2.05, 4.69) is 10.3 Å². The van der Waals surface area contributed by atoms with Crippen LogP contribution in [0.15, 0.2) is 90.1 Å². The third-order valence-corrected chi connectivity index (χ3v) is 8.52. The van der Waals surface area contributed by atoms with E-state index in [1.807, 2.05) is 47.4 Å². The number of fused-ring (bicyclic) bond motifs is 6. The Hall–Kier alpha value is -4.70. The zero-order chi connectivity index (χ0) is 29.3. The standard InChI is InChI=1S/C32H29N3O6S/c1-42(38,39)28-9-6-21(7-10-28)32(37)35-14-12-22-16-26-8-11-29(22)30(35)23-4-2-5-25(17-23)40-15-3-13-34-31(36)24-18-27(41-26)20-33-19-24/h2,4-11,16-20,30H,3,12-15H2,1H3,(H,34,36). The first-order valence-corrected chi connectivity index (χ1v) is 15.5. The summed E-state index contributed by atoms with van der Waals surface area (Å²) in [7, 11) is -3.38. The summed E-state index contributed by atoms with van der Waals surface area (Å²) in [6.45, 7) is 1.26. The summed E-state index contributed by atoms with van der Waals surface area (Å²) in [6, 6.07) is 20.8. The topological polar surface area (TPSA) is 115 Å². The minimum Gasteiger partial charge on any atom is -0.494 e. The van der Waals surface area contributed by atoms with Crippen molar-refractivity contribution in [2.75, 3.05) is 26.0 Å². The first kappa shape index (κ1) is 27.5. The number of nitrogens with one attached hydrogen (secondary N) is 1. The summed E-state index contributed by atoms with van der Waals surface area (Å²) in [5.41, 5.74) is 3.68. The van der Waals surface area contributed by atoms with Gasteiger partial charge in [0.25, 0.3) is 11.8 Å². The smallest absolute Gasteiger partial charge is 0.254 e. The lowest BCUT2D eigenvalue weighted by atomic mass is 9.87. The normalized spacial score (nSPS) is 16.8. The molecule has 2 amide bonds. The number of aromatic nitrogens is 1. The highest BCUT2D eigenvalue weighted by molar-refractivity contribution is 7.90. The molecular weight excluding hydrogens is 554 g/mol. The second-order valence-electron chi connectivity index (χ2n) is 10.4. The van der Waals surface area contributed by atoms with E-state index in [0.717, 1.165) is 22.9 Å². The number of sulfone groups is 1. The molecule has 4 heterocycles. The molecule has 0 radical (unpaired) electrons. The Labute approximate surface area is 244 Å². The third kappa shape index (κ3) is 5.71. The van der Waals surface area contributed by atoms with Gasteiger partial charge in [-0.2, -0.15) is 0 Å². The van der Waals surface area contributed by atoms with Crippen molar-refractivity contribution < 1.29 is 27.5 Å². The van der Waals surface area contributed by atoms with Crippen LogP contribution in [0.2, 0.25) is 0 Å². The van der Waals surface area contributed by atoms with Crippen molar-refractivity contribution in [2.45, 2.75) is 23.8 Å². The van der Waals surface area contributed by atoms with Gasteiger partial charge < -0.3 is 19.7 Å². The number of ether oxygens (including phenoxy) is 2. The monoisotopic (exact) mass is 583 g/mol. The second kappa shape index (κ2) is 11.3. The van der Waals surface area contributed by atoms with Gasteiger partial charge in [0.05, 0.1) is 29.3 Å². The highest BCUT2D eigenvalue weighted by Gasteiger charge is 2.33. The van der Waals surface area contributed by atoms with Gasteiger partial charge in [-0.1, -0.05) is 18.2 Å². The molecule has 42 heavy (non-hydrogen) atoms. The van der Waals surface area contributed by atoms with Crippen LogP contribution in [0, 0.1) is 0 Å². The molecule has 7 rings (SSSR count). The molecule has 9 nitrogen and oxygen atoms in total. The molecule has 8 bridgehead atoms. The molecule has 0 fully saturated rings. The fourth-order valence-corrected chi connectivity index (χ4v) is 5.96. The Morgan fingerprint density at radius 1 is 0.976 bits per heavy atom. The fraction of sp³-hybridized carbons (Fsp3) is 0.219. The molecule has 10 heteroatoms. The lowest BCUT2D eigenvalue weighted by molar-refractivity contribution is 0.0694. The van der Waals surface area contributed by atoms with Gasteiger partial charge in [0, 0.05) is 31.1 Å². The zero-order valence-corrected chi connectivity index (χ0v) is 23.8. The molecule has 1 N–H and O–H groups in total. The van der Waals surface area contributed by atoms with Crippen LogP contribution in [-0.4, -0.2) is 56.1 Å². The predicted molar refractivity (Wildman–Crippen MR) is 156 cm³/mol. The van der Waals surface area contributed by atoms with E-state index in [-0.39, 0.29) is 16.7 Å². The molecule has 0 aliphatic carbocycles. The van der Waals surface area contributed by atoms with Crippen molar-refractivity contribution in [1.82, 2.24) is 15.2 Å². The van der Waals surface area contributed by atoms with Crippen molar-refractivity contribution in [3.8, 4) is 17.2 Å². The highest BCUT2D eigenvalue weighted by atomic mass is 32.2. The number of amides is 2. The van der Waals surface area contributed by atoms with Crippen molar-refractivity contribution in [3.63, 3.8) is 0 Å². The SMILES string of the molecule is CS(=O)(=O)c1ccc(C(=O)N2CCc3cc4ccc3C2c2cccc(c2)OCCCNC(=O)c2cncc(c2)O4)cc1. The Balaban J connectivity index is 1.41. The van der Waals surface area contributed by atoms with Crippen molar-refractivity contribution in [1.29, 1.82) is 0 Å². The average molecular weight is 584 g/mol. The molecular formula is C32H29N3O6S. The molecule has 1 atom stereocenters. The minimum absolute atomic E-state index is 0.164. The van der Waals surface area contributed by atoms with E-state index >= 15 is 0 Å². The van der Waals surface area contributed by atoms with E-state index in [1.165, 1.54) is 18.3 Å². The Kier molecular flexibility index (Phi) is 7.38. The molecule has 0 saturated heterocycles. The fourth-order valence-electron chi connectivity index (χ4n) is 5.33. The van der Waals surface area contributed by atoms with E-state index < -0.39 is 15.9 Å². The predicted octanol–water partition coefficient (Wildman–Crippen LogP) is 4.58. The first-order chi connectivity index (χ1) is 20.3. The number of hydrogen-bond donors (Lipinski definition) is 1. The van der Waals surface area contributed by atoms with E-state index in [1.54, 1.807) is 24.4 Å². The van der Waals surface area contributed by atoms with Gasteiger partial charge in [-0.3, -0.25) is 14.6 Å². The molecule has 3 aromatic carbocycles. The highest BCUT2D eigenvalue weighted by Crippen LogP contribution is 2.39. The van der Waals surface area contributed by atoms with Crippen LogP contribution < -0.4 is 14.8 Å². The summed E-state index contributed by atoms with van der Waals surface area (Å²) in [5, 5.41) is 2.89. The maximum Gasteiger partial charge on any atom is 0.254 e. The molecule has 1 unspecified atom stereocenters. The number of pyridine rings is 1. The number of hydrogen-bond acceptors (Lipinski definition) is 7. The Bertz CT molecular complexity index is 1770. The van der Waals surface area contributed by atoms with E-state index in [9.17, 15) is 18.0 Å². The van der Waals surface area contributed by atoms with Gasteiger partial charge in [-0.05, 0) is 84.1 Å². The van der Waals surface area contributed by atoms with Crippen LogP contribution >= 0.6 is 0 Å². The van der Waals surface area contributed by atoms with Gasteiger partial charge in [-0.25, -0.2) is 8.42 Å². The minimum atomic E-state index is -3.38. The van der Waals surface area contributed by atoms with E-state index in [0.29, 0.717) is 60.9 Å². The summed E-state index contributed by atoms with van der Waals surface area (Å²) in [5.74, 6) is 1.27. The van der Waals surface area contributed by atoms with Crippen LogP contribution in [0.1, 0.15) is 49.9 Å². The van der Waals surface area contributed by atoms with Gasteiger partial charge in [-0.15, -0.1) is 0 Å². The number of rotatable bonds is 2. The number of benzene rings is 3. The van der Waals surface area contributed by atoms with Gasteiger partial charge in [0.2, 0.25) is 0 Å². The molecule has 3 aliphatic rings. The van der Waals surface area contributed by atoms with E-state index in [4.69, 9.17) is 9.47 Å². The van der Waals surface area contributed by atoms with Gasteiger partial charge in [0.1, 0.15) is 17.2 Å². The lowest BCUT2D eigenvalue weighted by Crippen LogP contribution is -2.40. The molecule has 4 aromatic rings. The Morgan fingerprint density at radius 3 is 2.62 bits per heavy atom. The molecule has 214 valence electrons.